The molecule has 0 amide bonds. The molecule has 0 fully saturated rings. The zero-order valence-electron chi connectivity index (χ0n) is 11.9. The third-order valence-corrected chi connectivity index (χ3v) is 4.33. The number of hydrogen-bond donors (Lipinski definition) is 1. The molecule has 108 valence electrons. The summed E-state index contributed by atoms with van der Waals surface area (Å²) in [5.41, 5.74) is 10.9. The number of rotatable bonds is 3. The highest BCUT2D eigenvalue weighted by Crippen LogP contribution is 2.22. The van der Waals surface area contributed by atoms with Crippen molar-refractivity contribution in [3.63, 3.8) is 0 Å². The van der Waals surface area contributed by atoms with Gasteiger partial charge in [0.1, 0.15) is 16.3 Å². The molecule has 0 aliphatic rings. The number of aromatic nitrogens is 1. The van der Waals surface area contributed by atoms with Gasteiger partial charge < -0.3 is 10.2 Å². The molecule has 5 heteroatoms. The van der Waals surface area contributed by atoms with Gasteiger partial charge in [-0.05, 0) is 31.5 Å². The lowest BCUT2D eigenvalue weighted by atomic mass is 10.1. The van der Waals surface area contributed by atoms with Crippen LogP contribution in [0.5, 0.6) is 0 Å². The van der Waals surface area contributed by atoms with Crippen LogP contribution in [-0.4, -0.2) is 9.19 Å². The lowest BCUT2D eigenvalue weighted by Crippen LogP contribution is -1.97. The lowest BCUT2D eigenvalue weighted by Gasteiger charge is -2.03. The summed E-state index contributed by atoms with van der Waals surface area (Å²) in [5.74, 6) is 0.394. The van der Waals surface area contributed by atoms with E-state index in [4.69, 9.17) is 10.2 Å². The van der Waals surface area contributed by atoms with E-state index in [1.165, 1.54) is 0 Å². The summed E-state index contributed by atoms with van der Waals surface area (Å²) in [6.07, 6.45) is 0. The first-order valence-electron chi connectivity index (χ1n) is 6.63. The number of nitrogen functional groups attached to an aromatic ring is 1. The first-order valence-corrected chi connectivity index (χ1v) is 7.95. The SMILES string of the molecule is Cc1cc(C)cc(CS(=O)c2nc3ccc(N)cc3o2)c1. The predicted molar refractivity (Wildman–Crippen MR) is 84.4 cm³/mol. The Morgan fingerprint density at radius 2 is 1.86 bits per heavy atom. The first-order chi connectivity index (χ1) is 10.0. The molecule has 2 aromatic carbocycles. The molecule has 0 saturated carbocycles. The van der Waals surface area contributed by atoms with Crippen LogP contribution < -0.4 is 5.73 Å². The fourth-order valence-electron chi connectivity index (χ4n) is 2.38. The van der Waals surface area contributed by atoms with E-state index >= 15 is 0 Å². The molecule has 0 radical (unpaired) electrons. The molecule has 2 N–H and O–H groups in total. The maximum atomic E-state index is 12.4. The fourth-order valence-corrected chi connectivity index (χ4v) is 3.36. The second-order valence-corrected chi connectivity index (χ2v) is 6.52. The maximum absolute atomic E-state index is 12.4. The van der Waals surface area contributed by atoms with Crippen molar-refractivity contribution in [2.24, 2.45) is 0 Å². The molecule has 0 saturated heterocycles. The van der Waals surface area contributed by atoms with Gasteiger partial charge in [0.05, 0.1) is 5.75 Å². The maximum Gasteiger partial charge on any atom is 0.288 e. The van der Waals surface area contributed by atoms with Crippen LogP contribution in [0, 0.1) is 13.8 Å². The van der Waals surface area contributed by atoms with E-state index in [0.29, 0.717) is 22.5 Å². The fraction of sp³-hybridized carbons (Fsp3) is 0.188. The summed E-state index contributed by atoms with van der Waals surface area (Å²) in [6, 6.07) is 11.4. The van der Waals surface area contributed by atoms with Crippen molar-refractivity contribution >= 4 is 27.6 Å². The van der Waals surface area contributed by atoms with E-state index < -0.39 is 10.8 Å². The second-order valence-electron chi connectivity index (χ2n) is 5.19. The third kappa shape index (κ3) is 2.97. The number of oxazole rings is 1. The highest BCUT2D eigenvalue weighted by molar-refractivity contribution is 7.84. The molecular weight excluding hydrogens is 284 g/mol. The van der Waals surface area contributed by atoms with E-state index in [9.17, 15) is 4.21 Å². The van der Waals surface area contributed by atoms with Crippen LogP contribution in [0.25, 0.3) is 11.1 Å². The van der Waals surface area contributed by atoms with Crippen molar-refractivity contribution in [3.8, 4) is 0 Å². The Kier molecular flexibility index (Phi) is 3.51. The molecule has 3 rings (SSSR count). The van der Waals surface area contributed by atoms with E-state index in [0.717, 1.165) is 16.7 Å². The minimum Gasteiger partial charge on any atom is -0.430 e. The van der Waals surface area contributed by atoms with Gasteiger partial charge in [-0.25, -0.2) is 9.19 Å². The standard InChI is InChI=1S/C16H16N2O2S/c1-10-5-11(2)7-12(6-10)9-21(19)16-18-14-4-3-13(17)8-15(14)20-16/h3-8H,9,17H2,1-2H3. The van der Waals surface area contributed by atoms with Gasteiger partial charge in [0.15, 0.2) is 5.58 Å². The lowest BCUT2D eigenvalue weighted by molar-refractivity contribution is 0.477. The quantitative estimate of drug-likeness (QED) is 0.753. The Labute approximate surface area is 125 Å². The average Bonchev–Trinajstić information content (AvgIpc) is 2.80. The molecule has 21 heavy (non-hydrogen) atoms. The van der Waals surface area contributed by atoms with E-state index in [1.807, 2.05) is 26.0 Å². The molecule has 1 aromatic heterocycles. The van der Waals surface area contributed by atoms with Gasteiger partial charge in [-0.3, -0.25) is 0 Å². The van der Waals surface area contributed by atoms with Gasteiger partial charge in [-0.2, -0.15) is 0 Å². The number of anilines is 1. The van der Waals surface area contributed by atoms with Crippen molar-refractivity contribution in [1.29, 1.82) is 0 Å². The van der Waals surface area contributed by atoms with Crippen molar-refractivity contribution in [3.05, 3.63) is 53.1 Å². The van der Waals surface area contributed by atoms with Crippen LogP contribution in [-0.2, 0) is 16.6 Å². The number of benzene rings is 2. The number of nitrogens with zero attached hydrogens (tertiary/aromatic N) is 1. The third-order valence-electron chi connectivity index (χ3n) is 3.17. The summed E-state index contributed by atoms with van der Waals surface area (Å²) in [6.45, 7) is 4.06. The normalized spacial score (nSPS) is 12.7. The number of aryl methyl sites for hydroxylation is 2. The van der Waals surface area contributed by atoms with Crippen LogP contribution in [0.4, 0.5) is 5.69 Å². The molecule has 1 heterocycles. The molecule has 0 aliphatic carbocycles. The van der Waals surface area contributed by atoms with Gasteiger partial charge in [-0.15, -0.1) is 0 Å². The number of nitrogens with two attached hydrogens (primary N) is 1. The van der Waals surface area contributed by atoms with Gasteiger partial charge >= 0.3 is 0 Å². The van der Waals surface area contributed by atoms with E-state index in [1.54, 1.807) is 18.2 Å². The molecule has 3 aromatic rings. The summed E-state index contributed by atoms with van der Waals surface area (Å²) in [5, 5.41) is 0.245. The molecular formula is C16H16N2O2S. The highest BCUT2D eigenvalue weighted by Gasteiger charge is 2.14. The minimum atomic E-state index is -1.31. The summed E-state index contributed by atoms with van der Waals surface area (Å²) >= 11 is 0. The highest BCUT2D eigenvalue weighted by atomic mass is 32.2. The molecule has 1 unspecified atom stereocenters. The van der Waals surface area contributed by atoms with Crippen LogP contribution >= 0.6 is 0 Å². The minimum absolute atomic E-state index is 0.245. The summed E-state index contributed by atoms with van der Waals surface area (Å²) in [4.78, 5) is 4.27. The first kappa shape index (κ1) is 13.8. The Hall–Kier alpha value is -2.14. The van der Waals surface area contributed by atoms with Crippen LogP contribution in [0.2, 0.25) is 0 Å². The summed E-state index contributed by atoms with van der Waals surface area (Å²) < 4.78 is 18.0. The zero-order chi connectivity index (χ0) is 15.0. The smallest absolute Gasteiger partial charge is 0.288 e. The Bertz CT molecular complexity index is 819. The van der Waals surface area contributed by atoms with E-state index in [2.05, 4.69) is 11.1 Å². The number of hydrogen-bond acceptors (Lipinski definition) is 4. The van der Waals surface area contributed by atoms with Crippen molar-refractivity contribution in [2.75, 3.05) is 5.73 Å². The zero-order valence-corrected chi connectivity index (χ0v) is 12.7. The van der Waals surface area contributed by atoms with Crippen molar-refractivity contribution in [1.82, 2.24) is 4.98 Å². The molecule has 0 aliphatic heterocycles. The molecule has 4 nitrogen and oxygen atoms in total. The van der Waals surface area contributed by atoms with Crippen LogP contribution in [0.1, 0.15) is 16.7 Å². The van der Waals surface area contributed by atoms with E-state index in [-0.39, 0.29) is 5.22 Å². The van der Waals surface area contributed by atoms with Gasteiger partial charge in [0.25, 0.3) is 5.22 Å². The van der Waals surface area contributed by atoms with Crippen molar-refractivity contribution < 1.29 is 8.63 Å². The molecule has 1 atom stereocenters. The van der Waals surface area contributed by atoms with Gasteiger partial charge in [0.2, 0.25) is 0 Å². The summed E-state index contributed by atoms with van der Waals surface area (Å²) in [7, 11) is -1.31. The predicted octanol–water partition coefficient (Wildman–Crippen LogP) is 3.33. The molecule has 0 bridgehead atoms. The average molecular weight is 300 g/mol. The topological polar surface area (TPSA) is 69.1 Å². The largest absolute Gasteiger partial charge is 0.430 e. The Morgan fingerprint density at radius 3 is 2.57 bits per heavy atom. The van der Waals surface area contributed by atoms with Gasteiger partial charge in [-0.1, -0.05) is 29.3 Å². The molecule has 0 spiro atoms. The van der Waals surface area contributed by atoms with Gasteiger partial charge in [0, 0.05) is 11.8 Å². The van der Waals surface area contributed by atoms with Crippen LogP contribution in [0.3, 0.4) is 0 Å². The second kappa shape index (κ2) is 5.33. The number of fused-ring (bicyclic) bond motifs is 1. The Balaban J connectivity index is 1.89. The van der Waals surface area contributed by atoms with Crippen molar-refractivity contribution in [2.45, 2.75) is 24.8 Å². The monoisotopic (exact) mass is 300 g/mol. The van der Waals surface area contributed by atoms with Crippen LogP contribution in [0.15, 0.2) is 46.0 Å². The Morgan fingerprint density at radius 1 is 1.14 bits per heavy atom.